The van der Waals surface area contributed by atoms with E-state index >= 15 is 0 Å². The third-order valence-electron chi connectivity index (χ3n) is 12.5. The Bertz CT molecular complexity index is 1330. The van der Waals surface area contributed by atoms with Crippen LogP contribution >= 0.6 is 0 Å². The Kier molecular flexibility index (Phi) is 29.3. The molecule has 3 heterocycles. The molecule has 19 nitrogen and oxygen atoms in total. The van der Waals surface area contributed by atoms with Crippen molar-refractivity contribution in [3.63, 3.8) is 0 Å². The van der Waals surface area contributed by atoms with Crippen LogP contribution in [-0.2, 0) is 33.2 Å². The van der Waals surface area contributed by atoms with Gasteiger partial charge >= 0.3 is 0 Å². The van der Waals surface area contributed by atoms with Crippen LogP contribution in [0.25, 0.3) is 0 Å². The van der Waals surface area contributed by atoms with E-state index in [0.29, 0.717) is 6.42 Å². The Balaban J connectivity index is 1.51. The zero-order chi connectivity index (χ0) is 48.4. The normalized spacial score (nSPS) is 34.0. The molecule has 386 valence electrons. The molecule has 3 fully saturated rings. The van der Waals surface area contributed by atoms with Gasteiger partial charge in [0.25, 0.3) is 0 Å². The molecule has 1 amide bonds. The van der Waals surface area contributed by atoms with Crippen LogP contribution < -0.4 is 5.32 Å². The molecule has 0 aromatic heterocycles. The Morgan fingerprint density at radius 1 is 0.530 bits per heavy atom. The van der Waals surface area contributed by atoms with E-state index in [1.165, 1.54) is 44.9 Å². The predicted molar refractivity (Wildman–Crippen MR) is 240 cm³/mol. The molecule has 17 unspecified atom stereocenters. The molecule has 0 saturated carbocycles. The molecule has 3 aliphatic rings. The van der Waals surface area contributed by atoms with Gasteiger partial charge in [-0.25, -0.2) is 0 Å². The van der Waals surface area contributed by atoms with Crippen LogP contribution in [0.5, 0.6) is 0 Å². The van der Waals surface area contributed by atoms with Gasteiger partial charge < -0.3 is 89.9 Å². The second-order valence-corrected chi connectivity index (χ2v) is 17.9. The average Bonchev–Trinajstić information content (AvgIpc) is 3.31. The SMILES string of the molecule is CCCCC/C=C/C(O)C(COC1OC(CO)C(OC2OC(CO)C(OC3OC(CO)C(O)C(O)C3O)C(O)C2O)C(O)C1O)NC(=O)CCCCCCC/C=C\CCCCCCCCC. The molecule has 3 saturated heterocycles. The van der Waals surface area contributed by atoms with Crippen molar-refractivity contribution in [2.24, 2.45) is 0 Å². The number of nitrogens with one attached hydrogen (secondary N) is 1. The van der Waals surface area contributed by atoms with Gasteiger partial charge in [-0.3, -0.25) is 4.79 Å². The van der Waals surface area contributed by atoms with Crippen molar-refractivity contribution in [2.75, 3.05) is 26.4 Å². The van der Waals surface area contributed by atoms with E-state index in [9.17, 15) is 61.0 Å². The van der Waals surface area contributed by atoms with Crippen molar-refractivity contribution in [1.29, 1.82) is 0 Å². The number of ether oxygens (including phenoxy) is 6. The third kappa shape index (κ3) is 19.2. The van der Waals surface area contributed by atoms with Gasteiger partial charge in [-0.05, 0) is 44.9 Å². The minimum atomic E-state index is -1.97. The molecular weight excluding hydrogens is 867 g/mol. The van der Waals surface area contributed by atoms with E-state index in [4.69, 9.17) is 28.4 Å². The summed E-state index contributed by atoms with van der Waals surface area (Å²) in [7, 11) is 0. The number of carbonyl (C=O) groups excluding carboxylic acids is 1. The second-order valence-electron chi connectivity index (χ2n) is 17.9. The molecule has 0 bridgehead atoms. The molecule has 0 aromatic carbocycles. The van der Waals surface area contributed by atoms with Crippen molar-refractivity contribution in [3.8, 4) is 0 Å². The molecule has 3 aliphatic heterocycles. The average molecular weight is 952 g/mol. The number of aliphatic hydroxyl groups is 11. The van der Waals surface area contributed by atoms with E-state index in [0.717, 1.165) is 64.2 Å². The van der Waals surface area contributed by atoms with E-state index in [-0.39, 0.29) is 18.9 Å². The standard InChI is InChI=1S/C47H85NO18/c1-3-5-7-9-10-11-12-13-14-15-16-17-18-19-21-23-25-35(53)48-30(31(52)24-22-20-8-6-4-2)29-61-45-41(59)38(56)43(33(27-50)63-45)66-47-42(60)39(57)44(34(28-51)64-47)65-46-40(58)37(55)36(54)32(26-49)62-46/h14-15,22,24,30-34,36-47,49-52,54-60H,3-13,16-21,23,25-29H2,1-2H3,(H,48,53)/b15-14-,24-22+. The fourth-order valence-electron chi connectivity index (χ4n) is 8.30. The maximum Gasteiger partial charge on any atom is 0.220 e. The van der Waals surface area contributed by atoms with Crippen LogP contribution in [-0.4, -0.2) is 193 Å². The maximum atomic E-state index is 13.1. The number of rotatable bonds is 33. The molecule has 0 aliphatic carbocycles. The van der Waals surface area contributed by atoms with Gasteiger partial charge in [-0.15, -0.1) is 0 Å². The quantitative estimate of drug-likeness (QED) is 0.0321. The van der Waals surface area contributed by atoms with Crippen LogP contribution in [0.2, 0.25) is 0 Å². The summed E-state index contributed by atoms with van der Waals surface area (Å²) in [5, 5.41) is 119. The van der Waals surface area contributed by atoms with Gasteiger partial charge in [0.2, 0.25) is 5.91 Å². The van der Waals surface area contributed by atoms with Crippen molar-refractivity contribution >= 4 is 5.91 Å². The topological polar surface area (TPSA) is 307 Å². The first kappa shape index (κ1) is 58.6. The summed E-state index contributed by atoms with van der Waals surface area (Å²) >= 11 is 0. The van der Waals surface area contributed by atoms with E-state index in [2.05, 4.69) is 31.3 Å². The largest absolute Gasteiger partial charge is 0.394 e. The van der Waals surface area contributed by atoms with E-state index in [1.54, 1.807) is 6.08 Å². The van der Waals surface area contributed by atoms with Gasteiger partial charge in [-0.1, -0.05) is 109 Å². The Labute approximate surface area is 390 Å². The number of hydrogen-bond donors (Lipinski definition) is 12. The molecule has 17 atom stereocenters. The molecular formula is C47H85NO18. The summed E-state index contributed by atoms with van der Waals surface area (Å²) in [6.07, 6.45) is 1.13. The number of aliphatic hydroxyl groups excluding tert-OH is 11. The maximum absolute atomic E-state index is 13.1. The van der Waals surface area contributed by atoms with Crippen LogP contribution in [0.1, 0.15) is 136 Å². The fourth-order valence-corrected chi connectivity index (χ4v) is 8.30. The Morgan fingerprint density at radius 3 is 1.50 bits per heavy atom. The van der Waals surface area contributed by atoms with Crippen LogP contribution in [0.15, 0.2) is 24.3 Å². The lowest BCUT2D eigenvalue weighted by molar-refractivity contribution is -0.379. The van der Waals surface area contributed by atoms with Crippen LogP contribution in [0.4, 0.5) is 0 Å². The highest BCUT2D eigenvalue weighted by Gasteiger charge is 2.53. The lowest BCUT2D eigenvalue weighted by atomic mass is 9.96. The van der Waals surface area contributed by atoms with Crippen LogP contribution in [0, 0.1) is 0 Å². The Hall–Kier alpha value is -1.73. The first-order valence-electron chi connectivity index (χ1n) is 24.6. The lowest BCUT2D eigenvalue weighted by Gasteiger charge is -2.48. The molecule has 3 rings (SSSR count). The minimum Gasteiger partial charge on any atom is -0.394 e. The minimum absolute atomic E-state index is 0.232. The number of unbranched alkanes of at least 4 members (excludes halogenated alkanes) is 15. The molecule has 0 radical (unpaired) electrons. The number of allylic oxidation sites excluding steroid dienone is 3. The highest BCUT2D eigenvalue weighted by Crippen LogP contribution is 2.33. The highest BCUT2D eigenvalue weighted by atomic mass is 16.8. The zero-order valence-electron chi connectivity index (χ0n) is 39.2. The predicted octanol–water partition coefficient (Wildman–Crippen LogP) is 0.861. The Morgan fingerprint density at radius 2 is 0.955 bits per heavy atom. The first-order valence-corrected chi connectivity index (χ1v) is 24.6. The molecule has 0 aromatic rings. The number of carbonyl (C=O) groups is 1. The molecule has 66 heavy (non-hydrogen) atoms. The molecule has 12 N–H and O–H groups in total. The summed E-state index contributed by atoms with van der Waals surface area (Å²) in [5.74, 6) is -0.294. The highest BCUT2D eigenvalue weighted by molar-refractivity contribution is 5.76. The van der Waals surface area contributed by atoms with E-state index < -0.39 is 124 Å². The summed E-state index contributed by atoms with van der Waals surface area (Å²) in [4.78, 5) is 13.1. The smallest absolute Gasteiger partial charge is 0.220 e. The fraction of sp³-hybridized carbons (Fsp3) is 0.894. The van der Waals surface area contributed by atoms with Gasteiger partial charge in [0.05, 0.1) is 38.6 Å². The lowest BCUT2D eigenvalue weighted by Crippen LogP contribution is -2.66. The molecule has 19 heteroatoms. The zero-order valence-corrected chi connectivity index (χ0v) is 39.2. The summed E-state index contributed by atoms with van der Waals surface area (Å²) in [6.45, 7) is 1.54. The summed E-state index contributed by atoms with van der Waals surface area (Å²) in [5.41, 5.74) is 0. The summed E-state index contributed by atoms with van der Waals surface area (Å²) < 4.78 is 33.9. The van der Waals surface area contributed by atoms with Crippen molar-refractivity contribution < 1.29 is 89.4 Å². The van der Waals surface area contributed by atoms with Gasteiger partial charge in [0.1, 0.15) is 73.2 Å². The van der Waals surface area contributed by atoms with Crippen molar-refractivity contribution in [3.05, 3.63) is 24.3 Å². The van der Waals surface area contributed by atoms with Gasteiger partial charge in [0, 0.05) is 6.42 Å². The van der Waals surface area contributed by atoms with Crippen molar-refractivity contribution in [2.45, 2.75) is 240 Å². The van der Waals surface area contributed by atoms with E-state index in [1.807, 2.05) is 6.08 Å². The van der Waals surface area contributed by atoms with Gasteiger partial charge in [0.15, 0.2) is 18.9 Å². The third-order valence-corrected chi connectivity index (χ3v) is 12.5. The number of hydrogen-bond acceptors (Lipinski definition) is 18. The van der Waals surface area contributed by atoms with Gasteiger partial charge in [-0.2, -0.15) is 0 Å². The van der Waals surface area contributed by atoms with Crippen LogP contribution in [0.3, 0.4) is 0 Å². The summed E-state index contributed by atoms with van der Waals surface area (Å²) in [6, 6.07) is -0.969. The van der Waals surface area contributed by atoms with Crippen molar-refractivity contribution in [1.82, 2.24) is 5.32 Å². The first-order chi connectivity index (χ1) is 31.8. The number of amides is 1. The molecule has 0 spiro atoms. The second kappa shape index (κ2) is 33.0. The monoisotopic (exact) mass is 952 g/mol.